The molecule has 0 aliphatic carbocycles. The maximum absolute atomic E-state index is 12.7. The summed E-state index contributed by atoms with van der Waals surface area (Å²) in [5, 5.41) is 0. The van der Waals surface area contributed by atoms with Crippen molar-refractivity contribution in [2.24, 2.45) is 5.92 Å². The van der Waals surface area contributed by atoms with Crippen LogP contribution in [0.5, 0.6) is 0 Å². The van der Waals surface area contributed by atoms with Crippen LogP contribution in [0.25, 0.3) is 0 Å². The number of benzene rings is 1. The van der Waals surface area contributed by atoms with Crippen molar-refractivity contribution in [1.82, 2.24) is 9.80 Å². The molecule has 1 aromatic carbocycles. The third kappa shape index (κ3) is 5.47. The Hall–Kier alpha value is -2.05. The fraction of sp³-hybridized carbons (Fsp3) is 0.556. The van der Waals surface area contributed by atoms with E-state index >= 15 is 0 Å². The molecule has 0 bridgehead atoms. The first-order valence-corrected chi connectivity index (χ1v) is 8.38. The van der Waals surface area contributed by atoms with E-state index in [2.05, 4.69) is 0 Å². The second-order valence-corrected chi connectivity index (χ2v) is 6.54. The molecule has 2 rings (SSSR count). The lowest BCUT2D eigenvalue weighted by Crippen LogP contribution is -2.43. The maximum atomic E-state index is 12.7. The molecule has 0 N–H and O–H groups in total. The van der Waals surface area contributed by atoms with Gasteiger partial charge in [-0.1, -0.05) is 36.8 Å². The van der Waals surface area contributed by atoms with Crippen molar-refractivity contribution in [2.75, 3.05) is 19.6 Å². The minimum Gasteiger partial charge on any atom is -0.338 e. The monoisotopic (exact) mass is 356 g/mol. The topological polar surface area (TPSA) is 40.6 Å². The highest BCUT2D eigenvalue weighted by molar-refractivity contribution is 5.89. The van der Waals surface area contributed by atoms with Crippen LogP contribution in [0, 0.1) is 12.8 Å². The van der Waals surface area contributed by atoms with Crippen LogP contribution in [0.3, 0.4) is 0 Å². The van der Waals surface area contributed by atoms with E-state index in [0.717, 1.165) is 16.0 Å². The average molecular weight is 356 g/mol. The molecule has 138 valence electrons. The van der Waals surface area contributed by atoms with Gasteiger partial charge in [0.15, 0.2) is 0 Å². The fourth-order valence-electron chi connectivity index (χ4n) is 3.02. The molecule has 0 saturated carbocycles. The summed E-state index contributed by atoms with van der Waals surface area (Å²) in [6.45, 7) is 3.01. The Kier molecular flexibility index (Phi) is 6.08. The van der Waals surface area contributed by atoms with Gasteiger partial charge < -0.3 is 9.80 Å². The first-order chi connectivity index (χ1) is 11.7. The highest BCUT2D eigenvalue weighted by Gasteiger charge is 2.39. The maximum Gasteiger partial charge on any atom is 0.406 e. The average Bonchev–Trinajstić information content (AvgIpc) is 2.88. The SMILES string of the molecule is CCCN(CC(F)(F)F)C(=O)C1CC(=O)N(Cc2ccc(C)cc2)C1. The predicted molar refractivity (Wildman–Crippen MR) is 87.6 cm³/mol. The normalized spacial score (nSPS) is 17.9. The van der Waals surface area contributed by atoms with Gasteiger partial charge in [0.2, 0.25) is 11.8 Å². The number of amides is 2. The molecule has 1 aliphatic rings. The number of alkyl halides is 3. The first-order valence-electron chi connectivity index (χ1n) is 8.38. The zero-order chi connectivity index (χ0) is 18.6. The molecule has 2 amide bonds. The Morgan fingerprint density at radius 1 is 1.28 bits per heavy atom. The molecule has 0 radical (unpaired) electrons. The molecule has 0 aromatic heterocycles. The molecule has 1 aromatic rings. The summed E-state index contributed by atoms with van der Waals surface area (Å²) in [6, 6.07) is 7.69. The van der Waals surface area contributed by atoms with E-state index in [1.807, 2.05) is 31.2 Å². The zero-order valence-corrected chi connectivity index (χ0v) is 14.5. The number of aryl methyl sites for hydroxylation is 1. The van der Waals surface area contributed by atoms with E-state index in [1.54, 1.807) is 11.8 Å². The summed E-state index contributed by atoms with van der Waals surface area (Å²) < 4.78 is 38.0. The Morgan fingerprint density at radius 3 is 2.48 bits per heavy atom. The fourth-order valence-corrected chi connectivity index (χ4v) is 3.02. The third-order valence-corrected chi connectivity index (χ3v) is 4.23. The van der Waals surface area contributed by atoms with Crippen LogP contribution < -0.4 is 0 Å². The molecule has 1 heterocycles. The van der Waals surface area contributed by atoms with Crippen molar-refractivity contribution < 1.29 is 22.8 Å². The third-order valence-electron chi connectivity index (χ3n) is 4.23. The molecule has 1 fully saturated rings. The van der Waals surface area contributed by atoms with E-state index in [0.29, 0.717) is 13.0 Å². The van der Waals surface area contributed by atoms with Crippen molar-refractivity contribution in [3.05, 3.63) is 35.4 Å². The van der Waals surface area contributed by atoms with E-state index < -0.39 is 24.5 Å². The first kappa shape index (κ1) is 19.3. The van der Waals surface area contributed by atoms with Crippen LogP contribution in [0.1, 0.15) is 30.9 Å². The summed E-state index contributed by atoms with van der Waals surface area (Å²) >= 11 is 0. The van der Waals surface area contributed by atoms with Crippen molar-refractivity contribution in [2.45, 2.75) is 39.4 Å². The van der Waals surface area contributed by atoms with Crippen molar-refractivity contribution in [3.8, 4) is 0 Å². The molecule has 1 unspecified atom stereocenters. The molecule has 0 spiro atoms. The number of hydrogen-bond donors (Lipinski definition) is 0. The largest absolute Gasteiger partial charge is 0.406 e. The summed E-state index contributed by atoms with van der Waals surface area (Å²) in [5.74, 6) is -1.48. The summed E-state index contributed by atoms with van der Waals surface area (Å²) in [6.07, 6.45) is -4.02. The van der Waals surface area contributed by atoms with Gasteiger partial charge in [-0.3, -0.25) is 9.59 Å². The minimum atomic E-state index is -4.44. The van der Waals surface area contributed by atoms with Crippen molar-refractivity contribution >= 4 is 11.8 Å². The van der Waals surface area contributed by atoms with Crippen molar-refractivity contribution in [3.63, 3.8) is 0 Å². The predicted octanol–water partition coefficient (Wildman–Crippen LogP) is 3.14. The molecular weight excluding hydrogens is 333 g/mol. The van der Waals surface area contributed by atoms with Crippen LogP contribution in [-0.2, 0) is 16.1 Å². The zero-order valence-electron chi connectivity index (χ0n) is 14.5. The molecule has 1 aliphatic heterocycles. The van der Waals surface area contributed by atoms with Crippen LogP contribution >= 0.6 is 0 Å². The Labute approximate surface area is 145 Å². The molecule has 1 atom stereocenters. The second kappa shape index (κ2) is 7.89. The van der Waals surface area contributed by atoms with Crippen LogP contribution in [0.4, 0.5) is 13.2 Å². The van der Waals surface area contributed by atoms with Gasteiger partial charge in [-0.2, -0.15) is 13.2 Å². The van der Waals surface area contributed by atoms with E-state index in [1.165, 1.54) is 0 Å². The van der Waals surface area contributed by atoms with E-state index in [9.17, 15) is 22.8 Å². The summed E-state index contributed by atoms with van der Waals surface area (Å²) in [5.41, 5.74) is 2.04. The number of carbonyl (C=O) groups is 2. The van der Waals surface area contributed by atoms with Gasteiger partial charge in [-0.25, -0.2) is 0 Å². The number of likely N-dealkylation sites (tertiary alicyclic amines) is 1. The van der Waals surface area contributed by atoms with E-state index in [4.69, 9.17) is 0 Å². The lowest BCUT2D eigenvalue weighted by Gasteiger charge is -2.26. The number of rotatable bonds is 6. The highest BCUT2D eigenvalue weighted by atomic mass is 19.4. The molecule has 25 heavy (non-hydrogen) atoms. The Bertz CT molecular complexity index is 614. The second-order valence-electron chi connectivity index (χ2n) is 6.54. The molecule has 4 nitrogen and oxygen atoms in total. The number of halogens is 3. The number of carbonyl (C=O) groups excluding carboxylic acids is 2. The smallest absolute Gasteiger partial charge is 0.338 e. The minimum absolute atomic E-state index is 0.0250. The van der Waals surface area contributed by atoms with Gasteiger partial charge in [0.1, 0.15) is 6.54 Å². The standard InChI is InChI=1S/C18H23F3N2O2/c1-3-8-22(12-18(19,20)21)17(25)15-9-16(24)23(11-15)10-14-6-4-13(2)5-7-14/h4-7,15H,3,8-12H2,1-2H3. The van der Waals surface area contributed by atoms with Gasteiger partial charge in [-0.15, -0.1) is 0 Å². The van der Waals surface area contributed by atoms with Gasteiger partial charge in [0, 0.05) is 26.1 Å². The van der Waals surface area contributed by atoms with Gasteiger partial charge in [0.25, 0.3) is 0 Å². The van der Waals surface area contributed by atoms with Crippen LogP contribution in [0.15, 0.2) is 24.3 Å². The van der Waals surface area contributed by atoms with Crippen LogP contribution in [0.2, 0.25) is 0 Å². The highest BCUT2D eigenvalue weighted by Crippen LogP contribution is 2.24. The Morgan fingerprint density at radius 2 is 1.92 bits per heavy atom. The molecule has 1 saturated heterocycles. The quantitative estimate of drug-likeness (QED) is 0.786. The Balaban J connectivity index is 2.01. The summed E-state index contributed by atoms with van der Waals surface area (Å²) in [7, 11) is 0. The molecule has 7 heteroatoms. The number of hydrogen-bond acceptors (Lipinski definition) is 2. The summed E-state index contributed by atoms with van der Waals surface area (Å²) in [4.78, 5) is 27.0. The van der Waals surface area contributed by atoms with Crippen LogP contribution in [-0.4, -0.2) is 47.4 Å². The van der Waals surface area contributed by atoms with Gasteiger partial charge in [-0.05, 0) is 18.9 Å². The van der Waals surface area contributed by atoms with Gasteiger partial charge in [0.05, 0.1) is 5.92 Å². The van der Waals surface area contributed by atoms with Crippen molar-refractivity contribution in [1.29, 1.82) is 0 Å². The van der Waals surface area contributed by atoms with Gasteiger partial charge >= 0.3 is 6.18 Å². The van der Waals surface area contributed by atoms with E-state index in [-0.39, 0.29) is 25.4 Å². The lowest BCUT2D eigenvalue weighted by molar-refractivity contribution is -0.163. The number of nitrogens with zero attached hydrogens (tertiary/aromatic N) is 2. The molecular formula is C18H23F3N2O2. The lowest BCUT2D eigenvalue weighted by atomic mass is 10.1.